The second-order valence-electron chi connectivity index (χ2n) is 19.8. The second kappa shape index (κ2) is 10.6. The molecule has 6 aromatic carbocycles. The topological polar surface area (TPSA) is 65.1 Å². The Morgan fingerprint density at radius 2 is 1.02 bits per heavy atom. The molecule has 4 atom stereocenters. The van der Waals surface area contributed by atoms with Crippen LogP contribution in [0.4, 0.5) is 0 Å². The maximum atomic E-state index is 11.0. The first-order valence-electron chi connectivity index (χ1n) is 22.1. The van der Waals surface area contributed by atoms with Gasteiger partial charge in [-0.1, -0.05) is 42.5 Å². The van der Waals surface area contributed by atoms with E-state index < -0.39 is 0 Å². The molecule has 0 N–H and O–H groups in total. The van der Waals surface area contributed by atoms with E-state index >= 15 is 0 Å². The van der Waals surface area contributed by atoms with Crippen molar-refractivity contribution in [2.24, 2.45) is 23.7 Å². The third-order valence-corrected chi connectivity index (χ3v) is 17.0. The van der Waals surface area contributed by atoms with Crippen molar-refractivity contribution in [3.8, 4) is 23.3 Å². The van der Waals surface area contributed by atoms with Gasteiger partial charge in [0, 0.05) is 32.3 Å². The monoisotopic (exact) mass is 747 g/mol. The van der Waals surface area contributed by atoms with E-state index in [1.54, 1.807) is 0 Å². The van der Waals surface area contributed by atoms with E-state index in [0.29, 0.717) is 23.7 Å². The number of fused-ring (bicyclic) bond motifs is 11. The van der Waals surface area contributed by atoms with Crippen LogP contribution in [0.2, 0.25) is 0 Å². The highest BCUT2D eigenvalue weighted by Crippen LogP contribution is 2.62. The largest absolute Gasteiger partial charge is 0.456 e. The van der Waals surface area contributed by atoms with Crippen LogP contribution in [0.1, 0.15) is 121 Å². The number of furan rings is 1. The zero-order valence-electron chi connectivity index (χ0n) is 32.4. The Balaban J connectivity index is 1.15. The molecule has 4 fully saturated rings. The zero-order valence-corrected chi connectivity index (χ0v) is 32.4. The molecular formula is C54H41N3O. The number of benzene rings is 6. The van der Waals surface area contributed by atoms with Crippen LogP contribution in [0.15, 0.2) is 83.3 Å². The van der Waals surface area contributed by atoms with E-state index in [1.807, 2.05) is 0 Å². The van der Waals surface area contributed by atoms with Crippen LogP contribution in [0, 0.1) is 46.3 Å². The summed E-state index contributed by atoms with van der Waals surface area (Å²) in [5, 5.41) is 32.2. The number of rotatable bonds is 1. The quantitative estimate of drug-likeness (QED) is 0.168. The van der Waals surface area contributed by atoms with Crippen molar-refractivity contribution in [2.75, 3.05) is 0 Å². The van der Waals surface area contributed by atoms with Gasteiger partial charge in [-0.2, -0.15) is 10.5 Å². The Hall–Kier alpha value is -5.84. The van der Waals surface area contributed by atoms with Gasteiger partial charge >= 0.3 is 0 Å². The first kappa shape index (κ1) is 31.2. The summed E-state index contributed by atoms with van der Waals surface area (Å²) in [4.78, 5) is 0. The smallest absolute Gasteiger partial charge is 0.136 e. The third kappa shape index (κ3) is 3.73. The number of nitrogens with zero attached hydrogens (tertiary/aromatic N) is 3. The molecule has 0 radical (unpaired) electrons. The predicted molar refractivity (Wildman–Crippen MR) is 232 cm³/mol. The van der Waals surface area contributed by atoms with Gasteiger partial charge in [0.05, 0.1) is 39.8 Å². The molecule has 278 valence electrons. The minimum atomic E-state index is 0.465. The van der Waals surface area contributed by atoms with Gasteiger partial charge in [-0.15, -0.1) is 0 Å². The molecular weight excluding hydrogens is 707 g/mol. The van der Waals surface area contributed by atoms with Crippen LogP contribution in [-0.2, 0) is 0 Å². The van der Waals surface area contributed by atoms with Crippen molar-refractivity contribution in [3.63, 3.8) is 0 Å². The van der Waals surface area contributed by atoms with Gasteiger partial charge in [0.15, 0.2) is 0 Å². The zero-order chi connectivity index (χ0) is 37.7. The average Bonchev–Trinajstić information content (AvgIpc) is 3.81. The highest BCUT2D eigenvalue weighted by molar-refractivity contribution is 6.28. The molecule has 3 heterocycles. The van der Waals surface area contributed by atoms with Crippen molar-refractivity contribution in [1.29, 1.82) is 10.5 Å². The predicted octanol–water partition coefficient (Wildman–Crippen LogP) is 14.1. The Kier molecular flexibility index (Phi) is 5.70. The van der Waals surface area contributed by atoms with Gasteiger partial charge in [-0.25, -0.2) is 0 Å². The molecule has 4 saturated carbocycles. The molecule has 58 heavy (non-hydrogen) atoms. The Morgan fingerprint density at radius 1 is 0.483 bits per heavy atom. The molecule has 0 aliphatic heterocycles. The summed E-state index contributed by atoms with van der Waals surface area (Å²) < 4.78 is 9.21. The standard InChI is InChI=1S/C54H41N3O/c55-24-36-22-42-50(48-34-16-26-10-27(17-34)13-32(12-26)46(36)48)40-20-31(39-6-3-7-44-53(39)52-38-5-2-1-4-30(38)8-9-45(52)58-44)21-41-51-43(57(42)54(40)41)23-37(25-56)47-33-14-28-11-29(15-33)19-35(18-28)49(47)51/h1-9,20-23,26-29,32-35H,10-19H2. The highest BCUT2D eigenvalue weighted by atomic mass is 16.3. The molecule has 4 heteroatoms. The fraction of sp³-hybridized carbons (Fsp3) is 0.333. The minimum absolute atomic E-state index is 0.465. The molecule has 3 aromatic heterocycles. The van der Waals surface area contributed by atoms with Gasteiger partial charge in [0.1, 0.15) is 11.2 Å². The molecule has 8 bridgehead atoms. The first-order valence-corrected chi connectivity index (χ1v) is 22.1. The van der Waals surface area contributed by atoms with Gasteiger partial charge in [0.2, 0.25) is 0 Å². The number of hydrogen-bond donors (Lipinski definition) is 0. The van der Waals surface area contributed by atoms with Crippen LogP contribution >= 0.6 is 0 Å². The molecule has 8 aliphatic rings. The summed E-state index contributed by atoms with van der Waals surface area (Å²) in [5.74, 6) is 4.91. The second-order valence-corrected chi connectivity index (χ2v) is 19.8. The maximum Gasteiger partial charge on any atom is 0.136 e. The Bertz CT molecular complexity index is 3280. The molecule has 4 nitrogen and oxygen atoms in total. The Morgan fingerprint density at radius 3 is 1.59 bits per heavy atom. The molecule has 9 aromatic rings. The van der Waals surface area contributed by atoms with E-state index in [0.717, 1.165) is 46.0 Å². The van der Waals surface area contributed by atoms with Crippen LogP contribution in [0.5, 0.6) is 0 Å². The average molecular weight is 748 g/mol. The van der Waals surface area contributed by atoms with E-state index in [2.05, 4.69) is 95.4 Å². The van der Waals surface area contributed by atoms with Gasteiger partial charge in [0.25, 0.3) is 0 Å². The van der Waals surface area contributed by atoms with E-state index in [9.17, 15) is 10.5 Å². The van der Waals surface area contributed by atoms with Gasteiger partial charge in [-0.05, 0) is 192 Å². The summed E-state index contributed by atoms with van der Waals surface area (Å²) in [6.07, 6.45) is 12.6. The lowest BCUT2D eigenvalue weighted by atomic mass is 9.67. The van der Waals surface area contributed by atoms with Crippen molar-refractivity contribution in [3.05, 3.63) is 112 Å². The first-order chi connectivity index (χ1) is 28.6. The van der Waals surface area contributed by atoms with Crippen LogP contribution in [-0.4, -0.2) is 4.40 Å². The summed E-state index contributed by atoms with van der Waals surface area (Å²) in [6, 6.07) is 34.8. The van der Waals surface area contributed by atoms with Crippen molar-refractivity contribution in [1.82, 2.24) is 4.40 Å². The van der Waals surface area contributed by atoms with Crippen LogP contribution in [0.25, 0.3) is 81.9 Å². The number of aromatic nitrogens is 1. The normalized spacial score (nSPS) is 28.0. The molecule has 8 aliphatic carbocycles. The SMILES string of the molecule is N#Cc1cc2c(c3c1C1CC4CC(C1)CC3C4)c1cc(-c3cccc4oc5ccc6ccccc6c5c34)cc3c4c5c(c(C#N)cc4n2c13)C1CC2CC(C1)CC5C2. The van der Waals surface area contributed by atoms with E-state index in [-0.39, 0.29) is 0 Å². The summed E-state index contributed by atoms with van der Waals surface area (Å²) in [7, 11) is 0. The lowest BCUT2D eigenvalue weighted by Crippen LogP contribution is -2.25. The minimum Gasteiger partial charge on any atom is -0.456 e. The van der Waals surface area contributed by atoms with E-state index in [4.69, 9.17) is 4.42 Å². The molecule has 0 spiro atoms. The lowest BCUT2D eigenvalue weighted by Gasteiger charge is -2.38. The highest BCUT2D eigenvalue weighted by Gasteiger charge is 2.46. The molecule has 4 unspecified atom stereocenters. The van der Waals surface area contributed by atoms with Crippen molar-refractivity contribution in [2.45, 2.75) is 87.9 Å². The maximum absolute atomic E-state index is 11.0. The lowest BCUT2D eigenvalue weighted by molar-refractivity contribution is 0.166. The number of nitriles is 2. The van der Waals surface area contributed by atoms with Crippen LogP contribution in [0.3, 0.4) is 0 Å². The van der Waals surface area contributed by atoms with E-state index in [1.165, 1.54) is 157 Å². The van der Waals surface area contributed by atoms with Crippen molar-refractivity contribution < 1.29 is 4.42 Å². The Labute approximate surface area is 336 Å². The summed E-state index contributed by atoms with van der Waals surface area (Å²) >= 11 is 0. The fourth-order valence-electron chi connectivity index (χ4n) is 15.5. The number of hydrogen-bond acceptors (Lipinski definition) is 3. The third-order valence-electron chi connectivity index (χ3n) is 17.0. The molecule has 0 saturated heterocycles. The fourth-order valence-corrected chi connectivity index (χ4v) is 15.5. The van der Waals surface area contributed by atoms with Crippen molar-refractivity contribution >= 4 is 70.8 Å². The molecule has 0 amide bonds. The van der Waals surface area contributed by atoms with Gasteiger partial charge < -0.3 is 8.82 Å². The van der Waals surface area contributed by atoms with Gasteiger partial charge in [-0.3, -0.25) is 0 Å². The molecule has 17 rings (SSSR count). The summed E-state index contributed by atoms with van der Waals surface area (Å²) in [6.45, 7) is 0. The van der Waals surface area contributed by atoms with Crippen LogP contribution < -0.4 is 0 Å². The summed E-state index contributed by atoms with van der Waals surface area (Å²) in [5.41, 5.74) is 15.4.